The number of benzene rings is 2. The topological polar surface area (TPSA) is 145 Å². The molecule has 0 bridgehead atoms. The van der Waals surface area contributed by atoms with Crippen molar-refractivity contribution in [3.05, 3.63) is 58.7 Å². The molecule has 2 aromatic carbocycles. The second-order valence-corrected chi connectivity index (χ2v) is 7.95. The summed E-state index contributed by atoms with van der Waals surface area (Å²) in [6.45, 7) is 1.86. The SMILES string of the molecule is OCc1cc(C(O)CNCCCCCCNCC(O)c2ccc(O)c(CO)c2)ccc1O. The lowest BCUT2D eigenvalue weighted by Crippen LogP contribution is -2.23. The minimum Gasteiger partial charge on any atom is -0.508 e. The lowest BCUT2D eigenvalue weighted by molar-refractivity contribution is 0.173. The lowest BCUT2D eigenvalue weighted by atomic mass is 10.1. The van der Waals surface area contributed by atoms with Gasteiger partial charge in [-0.15, -0.1) is 0 Å². The number of unbranched alkanes of at least 4 members (excludes halogenated alkanes) is 3. The standard InChI is InChI=1S/C24H36N2O6/c27-15-19-11-17(5-7-21(19)29)23(31)13-25-9-3-1-2-4-10-26-14-24(32)18-6-8-22(30)20(12-18)16-28/h5-8,11-12,23-32H,1-4,9-10,13-16H2. The average molecular weight is 449 g/mol. The van der Waals surface area contributed by atoms with E-state index in [0.717, 1.165) is 38.8 Å². The summed E-state index contributed by atoms with van der Waals surface area (Å²) in [6.07, 6.45) is 2.70. The Morgan fingerprint density at radius 3 is 1.41 bits per heavy atom. The highest BCUT2D eigenvalue weighted by molar-refractivity contribution is 5.37. The fourth-order valence-electron chi connectivity index (χ4n) is 3.45. The van der Waals surface area contributed by atoms with Crippen molar-refractivity contribution in [2.24, 2.45) is 0 Å². The maximum atomic E-state index is 10.2. The molecule has 0 aliphatic carbocycles. The van der Waals surface area contributed by atoms with Crippen LogP contribution in [0.3, 0.4) is 0 Å². The molecule has 2 unspecified atom stereocenters. The van der Waals surface area contributed by atoms with Gasteiger partial charge in [0.2, 0.25) is 0 Å². The molecule has 0 radical (unpaired) electrons. The van der Waals surface area contributed by atoms with Crippen molar-refractivity contribution in [1.29, 1.82) is 0 Å². The van der Waals surface area contributed by atoms with Crippen LogP contribution in [0, 0.1) is 0 Å². The third kappa shape index (κ3) is 8.38. The van der Waals surface area contributed by atoms with Crippen molar-refractivity contribution in [3.8, 4) is 11.5 Å². The first-order valence-corrected chi connectivity index (χ1v) is 11.1. The maximum Gasteiger partial charge on any atom is 0.121 e. The Kier molecular flexibility index (Phi) is 11.4. The Balaban J connectivity index is 1.51. The number of aliphatic hydroxyl groups excluding tert-OH is 4. The fourth-order valence-corrected chi connectivity index (χ4v) is 3.45. The summed E-state index contributed by atoms with van der Waals surface area (Å²) < 4.78 is 0. The van der Waals surface area contributed by atoms with Crippen molar-refractivity contribution >= 4 is 0 Å². The molecule has 0 fully saturated rings. The molecule has 8 heteroatoms. The van der Waals surface area contributed by atoms with Crippen LogP contribution in [0.1, 0.15) is 60.1 Å². The molecule has 2 rings (SSSR count). The molecule has 32 heavy (non-hydrogen) atoms. The zero-order valence-electron chi connectivity index (χ0n) is 18.4. The monoisotopic (exact) mass is 448 g/mol. The fraction of sp³-hybridized carbons (Fsp3) is 0.500. The van der Waals surface area contributed by atoms with Gasteiger partial charge in [-0.2, -0.15) is 0 Å². The molecule has 0 saturated carbocycles. The molecule has 0 aromatic heterocycles. The summed E-state index contributed by atoms with van der Waals surface area (Å²) in [6, 6.07) is 9.48. The van der Waals surface area contributed by atoms with E-state index in [-0.39, 0.29) is 24.7 Å². The molecule has 2 aromatic rings. The minimum atomic E-state index is -0.696. The maximum absolute atomic E-state index is 10.2. The van der Waals surface area contributed by atoms with E-state index >= 15 is 0 Å². The molecule has 2 atom stereocenters. The Morgan fingerprint density at radius 1 is 0.625 bits per heavy atom. The third-order valence-electron chi connectivity index (χ3n) is 5.45. The summed E-state index contributed by atoms with van der Waals surface area (Å²) in [5.41, 5.74) is 2.13. The van der Waals surface area contributed by atoms with E-state index in [9.17, 15) is 30.6 Å². The van der Waals surface area contributed by atoms with Crippen LogP contribution < -0.4 is 10.6 Å². The first-order chi connectivity index (χ1) is 15.5. The summed E-state index contributed by atoms with van der Waals surface area (Å²) in [5, 5.41) is 64.4. The van der Waals surface area contributed by atoms with Gasteiger partial charge in [0, 0.05) is 24.2 Å². The predicted octanol–water partition coefficient (Wildman–Crippen LogP) is 1.59. The van der Waals surface area contributed by atoms with Crippen molar-refractivity contribution in [3.63, 3.8) is 0 Å². The molecule has 8 N–H and O–H groups in total. The van der Waals surface area contributed by atoms with Crippen LogP contribution in [0.5, 0.6) is 11.5 Å². The van der Waals surface area contributed by atoms with Crippen molar-refractivity contribution in [1.82, 2.24) is 10.6 Å². The van der Waals surface area contributed by atoms with Crippen LogP contribution in [-0.4, -0.2) is 56.8 Å². The van der Waals surface area contributed by atoms with Crippen LogP contribution in [-0.2, 0) is 13.2 Å². The summed E-state index contributed by atoms with van der Waals surface area (Å²) >= 11 is 0. The van der Waals surface area contributed by atoms with Crippen LogP contribution in [0.2, 0.25) is 0 Å². The van der Waals surface area contributed by atoms with Gasteiger partial charge >= 0.3 is 0 Å². The number of hydrogen-bond donors (Lipinski definition) is 8. The minimum absolute atomic E-state index is 0.0246. The van der Waals surface area contributed by atoms with E-state index in [0.29, 0.717) is 35.3 Å². The van der Waals surface area contributed by atoms with E-state index in [1.54, 1.807) is 24.3 Å². The van der Waals surface area contributed by atoms with Crippen LogP contribution in [0.4, 0.5) is 0 Å². The van der Waals surface area contributed by atoms with E-state index in [1.165, 1.54) is 12.1 Å². The van der Waals surface area contributed by atoms with Gasteiger partial charge in [0.05, 0.1) is 25.4 Å². The zero-order chi connectivity index (χ0) is 23.3. The third-order valence-corrected chi connectivity index (χ3v) is 5.45. The second kappa shape index (κ2) is 14.1. The predicted molar refractivity (Wildman–Crippen MR) is 122 cm³/mol. The quantitative estimate of drug-likeness (QED) is 0.192. The van der Waals surface area contributed by atoms with Crippen molar-refractivity contribution in [2.45, 2.75) is 51.1 Å². The molecular weight excluding hydrogens is 412 g/mol. The van der Waals surface area contributed by atoms with Gasteiger partial charge in [0.15, 0.2) is 0 Å². The van der Waals surface area contributed by atoms with Gasteiger partial charge in [-0.1, -0.05) is 25.0 Å². The number of aromatic hydroxyl groups is 2. The molecule has 0 aliphatic heterocycles. The first kappa shape index (κ1) is 26.1. The molecule has 8 nitrogen and oxygen atoms in total. The molecule has 0 saturated heterocycles. The lowest BCUT2D eigenvalue weighted by Gasteiger charge is -2.14. The molecule has 178 valence electrons. The van der Waals surface area contributed by atoms with E-state index < -0.39 is 12.2 Å². The number of hydrogen-bond acceptors (Lipinski definition) is 8. The summed E-state index contributed by atoms with van der Waals surface area (Å²) in [7, 11) is 0. The molecule has 0 aliphatic rings. The Hall–Kier alpha value is -2.20. The van der Waals surface area contributed by atoms with Crippen molar-refractivity contribution in [2.75, 3.05) is 26.2 Å². The van der Waals surface area contributed by atoms with E-state index in [4.69, 9.17) is 0 Å². The van der Waals surface area contributed by atoms with Gasteiger partial charge in [-0.25, -0.2) is 0 Å². The number of nitrogens with one attached hydrogen (secondary N) is 2. The highest BCUT2D eigenvalue weighted by atomic mass is 16.3. The Morgan fingerprint density at radius 2 is 1.03 bits per heavy atom. The molecule has 0 spiro atoms. The highest BCUT2D eigenvalue weighted by Gasteiger charge is 2.11. The zero-order valence-corrected chi connectivity index (χ0v) is 18.4. The molecule has 0 heterocycles. The Labute approximate surface area is 189 Å². The van der Waals surface area contributed by atoms with Crippen LogP contribution in [0.15, 0.2) is 36.4 Å². The number of phenols is 2. The smallest absolute Gasteiger partial charge is 0.121 e. The largest absolute Gasteiger partial charge is 0.508 e. The Bertz CT molecular complexity index is 750. The van der Waals surface area contributed by atoms with Gasteiger partial charge in [-0.3, -0.25) is 0 Å². The van der Waals surface area contributed by atoms with Crippen LogP contribution in [0.25, 0.3) is 0 Å². The van der Waals surface area contributed by atoms with E-state index in [2.05, 4.69) is 10.6 Å². The number of aliphatic hydroxyl groups is 4. The summed E-state index contributed by atoms with van der Waals surface area (Å²) in [5.74, 6) is 0.0493. The average Bonchev–Trinajstić information content (AvgIpc) is 2.80. The summed E-state index contributed by atoms with van der Waals surface area (Å²) in [4.78, 5) is 0. The van der Waals surface area contributed by atoms with E-state index in [1.807, 2.05) is 0 Å². The van der Waals surface area contributed by atoms with Gasteiger partial charge < -0.3 is 41.3 Å². The van der Waals surface area contributed by atoms with Crippen molar-refractivity contribution < 1.29 is 30.6 Å². The number of rotatable bonds is 15. The second-order valence-electron chi connectivity index (χ2n) is 7.95. The van der Waals surface area contributed by atoms with Gasteiger partial charge in [0.1, 0.15) is 11.5 Å². The van der Waals surface area contributed by atoms with Gasteiger partial charge in [-0.05, 0) is 61.3 Å². The molecular formula is C24H36N2O6. The van der Waals surface area contributed by atoms with Crippen LogP contribution >= 0.6 is 0 Å². The normalized spacial score (nSPS) is 13.2. The van der Waals surface area contributed by atoms with Gasteiger partial charge in [0.25, 0.3) is 0 Å². The first-order valence-electron chi connectivity index (χ1n) is 11.1. The highest BCUT2D eigenvalue weighted by Crippen LogP contribution is 2.23. The molecule has 0 amide bonds.